The summed E-state index contributed by atoms with van der Waals surface area (Å²) in [5.74, 6) is 0.745. The standard InChI is InChI=1S/C24H28N4O4S/c1-16(2)25-23(29)20-6-4-5-19(15-20)22-26-24(32-27-22)18-11-13-28(14-12-18)33(30,31)21-9-7-17(3)8-10-21/h4-10,15-16,18H,11-14H2,1-3H3,(H,25,29). The fourth-order valence-electron chi connectivity index (χ4n) is 3.87. The molecule has 174 valence electrons. The Kier molecular flexibility index (Phi) is 6.62. The SMILES string of the molecule is Cc1ccc(S(=O)(=O)N2CCC(c3nc(-c4cccc(C(=O)NC(C)C)c4)no3)CC2)cc1. The van der Waals surface area contributed by atoms with Gasteiger partial charge in [0.1, 0.15) is 0 Å². The van der Waals surface area contributed by atoms with Crippen LogP contribution in [0.2, 0.25) is 0 Å². The van der Waals surface area contributed by atoms with Crippen LogP contribution >= 0.6 is 0 Å². The zero-order valence-corrected chi connectivity index (χ0v) is 19.8. The summed E-state index contributed by atoms with van der Waals surface area (Å²) in [5, 5.41) is 6.97. The lowest BCUT2D eigenvalue weighted by atomic mass is 9.98. The minimum Gasteiger partial charge on any atom is -0.350 e. The van der Waals surface area contributed by atoms with Crippen molar-refractivity contribution in [1.82, 2.24) is 19.8 Å². The van der Waals surface area contributed by atoms with Crippen LogP contribution in [-0.4, -0.2) is 47.9 Å². The summed E-state index contributed by atoms with van der Waals surface area (Å²) in [7, 11) is -3.52. The zero-order valence-electron chi connectivity index (χ0n) is 19.0. The molecule has 3 aromatic rings. The Morgan fingerprint density at radius 2 is 1.82 bits per heavy atom. The fraction of sp³-hybridized carbons (Fsp3) is 0.375. The molecule has 0 spiro atoms. The number of carbonyl (C=O) groups is 1. The van der Waals surface area contributed by atoms with E-state index in [0.717, 1.165) is 5.56 Å². The highest BCUT2D eigenvalue weighted by Gasteiger charge is 2.32. The topological polar surface area (TPSA) is 105 Å². The maximum Gasteiger partial charge on any atom is 0.251 e. The van der Waals surface area contributed by atoms with Gasteiger partial charge in [0, 0.05) is 36.2 Å². The highest BCUT2D eigenvalue weighted by molar-refractivity contribution is 7.89. The Morgan fingerprint density at radius 1 is 1.12 bits per heavy atom. The summed E-state index contributed by atoms with van der Waals surface area (Å²) in [6, 6.07) is 14.1. The van der Waals surface area contributed by atoms with Gasteiger partial charge in [0.05, 0.1) is 4.90 Å². The lowest BCUT2D eigenvalue weighted by Gasteiger charge is -2.29. The average molecular weight is 469 g/mol. The predicted octanol–water partition coefficient (Wildman–Crippen LogP) is 3.75. The molecule has 1 amide bonds. The van der Waals surface area contributed by atoms with E-state index in [1.165, 1.54) is 4.31 Å². The number of hydrogen-bond acceptors (Lipinski definition) is 6. The van der Waals surface area contributed by atoms with Crippen molar-refractivity contribution >= 4 is 15.9 Å². The smallest absolute Gasteiger partial charge is 0.251 e. The number of carbonyl (C=O) groups excluding carboxylic acids is 1. The van der Waals surface area contributed by atoms with E-state index in [-0.39, 0.29) is 17.9 Å². The quantitative estimate of drug-likeness (QED) is 0.591. The number of piperidine rings is 1. The number of hydrogen-bond donors (Lipinski definition) is 1. The fourth-order valence-corrected chi connectivity index (χ4v) is 5.34. The Bertz CT molecular complexity index is 1230. The van der Waals surface area contributed by atoms with Crippen LogP contribution in [0.15, 0.2) is 57.9 Å². The third-order valence-electron chi connectivity index (χ3n) is 5.71. The zero-order chi connectivity index (χ0) is 23.6. The molecule has 4 rings (SSSR count). The van der Waals surface area contributed by atoms with Crippen molar-refractivity contribution in [3.05, 3.63) is 65.5 Å². The highest BCUT2D eigenvalue weighted by Crippen LogP contribution is 2.31. The second-order valence-corrected chi connectivity index (χ2v) is 10.6. The number of amides is 1. The molecule has 33 heavy (non-hydrogen) atoms. The van der Waals surface area contributed by atoms with E-state index in [2.05, 4.69) is 15.5 Å². The monoisotopic (exact) mass is 468 g/mol. The summed E-state index contributed by atoms with van der Waals surface area (Å²) < 4.78 is 32.9. The molecule has 1 fully saturated rings. The van der Waals surface area contributed by atoms with E-state index >= 15 is 0 Å². The molecule has 0 radical (unpaired) electrons. The second kappa shape index (κ2) is 9.44. The number of sulfonamides is 1. The van der Waals surface area contributed by atoms with E-state index in [9.17, 15) is 13.2 Å². The minimum absolute atomic E-state index is 0.0110. The van der Waals surface area contributed by atoms with Gasteiger partial charge in [-0.25, -0.2) is 8.42 Å². The van der Waals surface area contributed by atoms with E-state index < -0.39 is 10.0 Å². The molecule has 2 aromatic carbocycles. The van der Waals surface area contributed by atoms with Gasteiger partial charge in [-0.05, 0) is 57.9 Å². The Hall–Kier alpha value is -3.04. The van der Waals surface area contributed by atoms with Gasteiger partial charge in [-0.2, -0.15) is 9.29 Å². The summed E-state index contributed by atoms with van der Waals surface area (Å²) >= 11 is 0. The first-order valence-electron chi connectivity index (χ1n) is 11.1. The van der Waals surface area contributed by atoms with Crippen molar-refractivity contribution in [1.29, 1.82) is 0 Å². The Labute approximate surface area is 194 Å². The molecule has 1 aliphatic heterocycles. The molecular weight excluding hydrogens is 440 g/mol. The molecule has 9 heteroatoms. The number of benzene rings is 2. The van der Waals surface area contributed by atoms with Crippen molar-refractivity contribution < 1.29 is 17.7 Å². The molecule has 0 bridgehead atoms. The van der Waals surface area contributed by atoms with Crippen LogP contribution in [-0.2, 0) is 10.0 Å². The van der Waals surface area contributed by atoms with Gasteiger partial charge < -0.3 is 9.84 Å². The van der Waals surface area contributed by atoms with Crippen molar-refractivity contribution in [2.24, 2.45) is 0 Å². The van der Waals surface area contributed by atoms with Crippen molar-refractivity contribution in [3.63, 3.8) is 0 Å². The van der Waals surface area contributed by atoms with Crippen LogP contribution in [0.3, 0.4) is 0 Å². The highest BCUT2D eigenvalue weighted by atomic mass is 32.2. The van der Waals surface area contributed by atoms with Gasteiger partial charge in [0.2, 0.25) is 21.7 Å². The predicted molar refractivity (Wildman–Crippen MR) is 124 cm³/mol. The molecule has 1 aromatic heterocycles. The van der Waals surface area contributed by atoms with Gasteiger partial charge in [-0.1, -0.05) is 35.0 Å². The molecule has 1 saturated heterocycles. The molecule has 1 N–H and O–H groups in total. The average Bonchev–Trinajstić information content (AvgIpc) is 3.29. The maximum atomic E-state index is 12.9. The molecule has 0 aliphatic carbocycles. The van der Waals surface area contributed by atoms with Crippen LogP contribution < -0.4 is 5.32 Å². The summed E-state index contributed by atoms with van der Waals surface area (Å²) in [5.41, 5.74) is 2.24. The van der Waals surface area contributed by atoms with Crippen molar-refractivity contribution in [2.45, 2.75) is 50.5 Å². The number of aryl methyl sites for hydroxylation is 1. The number of aromatic nitrogens is 2. The molecule has 2 heterocycles. The second-order valence-electron chi connectivity index (χ2n) is 8.66. The van der Waals surface area contributed by atoms with Gasteiger partial charge in [-0.15, -0.1) is 0 Å². The lowest BCUT2D eigenvalue weighted by Crippen LogP contribution is -2.37. The summed E-state index contributed by atoms with van der Waals surface area (Å²) in [6.45, 7) is 6.53. The van der Waals surface area contributed by atoms with E-state index in [1.807, 2.05) is 26.8 Å². The van der Waals surface area contributed by atoms with Crippen LogP contribution in [0.5, 0.6) is 0 Å². The molecule has 1 aliphatic rings. The van der Waals surface area contributed by atoms with Crippen LogP contribution in [0.1, 0.15) is 54.4 Å². The molecule has 0 atom stereocenters. The largest absolute Gasteiger partial charge is 0.350 e. The number of rotatable bonds is 6. The summed E-state index contributed by atoms with van der Waals surface area (Å²) in [4.78, 5) is 17.1. The molecule has 0 unspecified atom stereocenters. The van der Waals surface area contributed by atoms with Gasteiger partial charge in [-0.3, -0.25) is 4.79 Å². The molecule has 0 saturated carbocycles. The molecular formula is C24H28N4O4S. The summed E-state index contributed by atoms with van der Waals surface area (Å²) in [6.07, 6.45) is 1.20. The van der Waals surface area contributed by atoms with Gasteiger partial charge in [0.25, 0.3) is 5.91 Å². The first kappa shape index (κ1) is 23.1. The lowest BCUT2D eigenvalue weighted by molar-refractivity contribution is 0.0943. The van der Waals surface area contributed by atoms with Crippen molar-refractivity contribution in [3.8, 4) is 11.4 Å². The van der Waals surface area contributed by atoms with E-state index in [1.54, 1.807) is 42.5 Å². The third-order valence-corrected chi connectivity index (χ3v) is 7.62. The van der Waals surface area contributed by atoms with Crippen LogP contribution in [0.25, 0.3) is 11.4 Å². The number of nitrogens with zero attached hydrogens (tertiary/aromatic N) is 3. The van der Waals surface area contributed by atoms with Crippen molar-refractivity contribution in [2.75, 3.05) is 13.1 Å². The first-order chi connectivity index (χ1) is 15.7. The van der Waals surface area contributed by atoms with Gasteiger partial charge in [0.15, 0.2) is 0 Å². The number of nitrogens with one attached hydrogen (secondary N) is 1. The van der Waals surface area contributed by atoms with Crippen LogP contribution in [0.4, 0.5) is 0 Å². The minimum atomic E-state index is -3.52. The third kappa shape index (κ3) is 5.15. The first-order valence-corrected chi connectivity index (χ1v) is 12.5. The van der Waals surface area contributed by atoms with E-state index in [0.29, 0.717) is 53.7 Å². The Balaban J connectivity index is 1.43. The van der Waals surface area contributed by atoms with Gasteiger partial charge >= 0.3 is 0 Å². The van der Waals surface area contributed by atoms with E-state index in [4.69, 9.17) is 4.52 Å². The normalized spacial score (nSPS) is 15.6. The van der Waals surface area contributed by atoms with Crippen LogP contribution in [0, 0.1) is 6.92 Å². The molecule has 8 nitrogen and oxygen atoms in total. The Morgan fingerprint density at radius 3 is 2.48 bits per heavy atom. The maximum absolute atomic E-state index is 12.9.